The maximum absolute atomic E-state index is 13.8. The predicted molar refractivity (Wildman–Crippen MR) is 148 cm³/mol. The SMILES string of the molecule is CC(C)(C)C1CCC2(CC1)N=C(c1ccc(C(F)(F)F)cc1)C(=O)N2Cc1ccc(C(=O)NCCCC(=O)O)cc1. The lowest BCUT2D eigenvalue weighted by Crippen LogP contribution is -2.49. The number of carboxylic acids is 1. The third kappa shape index (κ3) is 6.97. The van der Waals surface area contributed by atoms with Crippen molar-refractivity contribution in [1.29, 1.82) is 0 Å². The summed E-state index contributed by atoms with van der Waals surface area (Å²) in [7, 11) is 0. The Balaban J connectivity index is 1.54. The van der Waals surface area contributed by atoms with Gasteiger partial charge in [-0.05, 0) is 73.3 Å². The molecular weight excluding hydrogens is 535 g/mol. The Bertz CT molecular complexity index is 1300. The highest BCUT2D eigenvalue weighted by Crippen LogP contribution is 2.47. The van der Waals surface area contributed by atoms with Gasteiger partial charge in [0.05, 0.1) is 5.56 Å². The van der Waals surface area contributed by atoms with Crippen LogP contribution in [0.3, 0.4) is 0 Å². The van der Waals surface area contributed by atoms with Crippen molar-refractivity contribution in [3.63, 3.8) is 0 Å². The van der Waals surface area contributed by atoms with E-state index in [1.165, 1.54) is 12.1 Å². The number of nitrogens with zero attached hydrogens (tertiary/aromatic N) is 2. The summed E-state index contributed by atoms with van der Waals surface area (Å²) in [5, 5.41) is 11.4. The number of carbonyl (C=O) groups is 3. The van der Waals surface area contributed by atoms with E-state index >= 15 is 0 Å². The fourth-order valence-electron chi connectivity index (χ4n) is 5.67. The van der Waals surface area contributed by atoms with Crippen LogP contribution in [0.5, 0.6) is 0 Å². The topological polar surface area (TPSA) is 99.1 Å². The summed E-state index contributed by atoms with van der Waals surface area (Å²) in [5.74, 6) is -1.10. The highest BCUT2D eigenvalue weighted by Gasteiger charge is 2.50. The van der Waals surface area contributed by atoms with Gasteiger partial charge >= 0.3 is 12.1 Å². The number of amides is 2. The van der Waals surface area contributed by atoms with Gasteiger partial charge in [0, 0.05) is 30.6 Å². The largest absolute Gasteiger partial charge is 0.481 e. The predicted octanol–water partition coefficient (Wildman–Crippen LogP) is 6.06. The molecule has 2 N–H and O–H groups in total. The van der Waals surface area contributed by atoms with Gasteiger partial charge in [-0.2, -0.15) is 13.2 Å². The van der Waals surface area contributed by atoms with Crippen LogP contribution in [-0.2, 0) is 22.3 Å². The van der Waals surface area contributed by atoms with E-state index in [0.29, 0.717) is 36.3 Å². The molecule has 2 amide bonds. The van der Waals surface area contributed by atoms with Crippen LogP contribution in [0.4, 0.5) is 13.2 Å². The van der Waals surface area contributed by atoms with E-state index in [0.717, 1.165) is 30.5 Å². The average molecular weight is 572 g/mol. The van der Waals surface area contributed by atoms with E-state index in [9.17, 15) is 27.6 Å². The Morgan fingerprint density at radius 3 is 2.17 bits per heavy atom. The van der Waals surface area contributed by atoms with Gasteiger partial charge in [-0.25, -0.2) is 0 Å². The second-order valence-electron chi connectivity index (χ2n) is 12.0. The van der Waals surface area contributed by atoms with Crippen LogP contribution >= 0.6 is 0 Å². The summed E-state index contributed by atoms with van der Waals surface area (Å²) in [6.07, 6.45) is -1.12. The highest BCUT2D eigenvalue weighted by molar-refractivity contribution is 6.46. The molecule has 2 aromatic rings. The quantitative estimate of drug-likeness (QED) is 0.376. The first-order valence-electron chi connectivity index (χ1n) is 13.9. The molecule has 7 nitrogen and oxygen atoms in total. The van der Waals surface area contributed by atoms with Crippen LogP contribution < -0.4 is 5.32 Å². The molecule has 1 fully saturated rings. The van der Waals surface area contributed by atoms with Crippen LogP contribution in [0.1, 0.15) is 86.3 Å². The molecule has 2 aliphatic rings. The summed E-state index contributed by atoms with van der Waals surface area (Å²) in [6, 6.07) is 11.4. The van der Waals surface area contributed by atoms with Crippen molar-refractivity contribution >= 4 is 23.5 Å². The molecule has 0 radical (unpaired) electrons. The second-order valence-corrected chi connectivity index (χ2v) is 12.0. The molecule has 220 valence electrons. The zero-order valence-corrected chi connectivity index (χ0v) is 23.6. The van der Waals surface area contributed by atoms with Crippen molar-refractivity contribution in [3.05, 3.63) is 70.8 Å². The van der Waals surface area contributed by atoms with Crippen molar-refractivity contribution in [2.75, 3.05) is 6.54 Å². The maximum Gasteiger partial charge on any atom is 0.416 e. The number of carboxylic acid groups (broad SMARTS) is 1. The molecule has 0 bridgehead atoms. The van der Waals surface area contributed by atoms with Crippen LogP contribution in [0.15, 0.2) is 53.5 Å². The molecule has 1 saturated carbocycles. The zero-order valence-electron chi connectivity index (χ0n) is 23.6. The minimum Gasteiger partial charge on any atom is -0.481 e. The third-order valence-electron chi connectivity index (χ3n) is 8.18. The van der Waals surface area contributed by atoms with Crippen LogP contribution in [-0.4, -0.2) is 45.7 Å². The standard InChI is InChI=1S/C31H36F3N3O4/c1-29(2,3)23-14-16-30(17-15-23)36-26(21-10-12-24(13-11-21)31(32,33)34)28(41)37(30)19-20-6-8-22(9-7-20)27(40)35-18-4-5-25(38)39/h6-13,23H,4-5,14-19H2,1-3H3,(H,35,40)(H,38,39). The lowest BCUT2D eigenvalue weighted by Gasteiger charge is -2.44. The van der Waals surface area contributed by atoms with Gasteiger partial charge in [0.25, 0.3) is 11.8 Å². The molecule has 0 unspecified atom stereocenters. The molecule has 2 aromatic carbocycles. The summed E-state index contributed by atoms with van der Waals surface area (Å²) >= 11 is 0. The Kier molecular flexibility index (Phi) is 8.61. The Morgan fingerprint density at radius 1 is 1.02 bits per heavy atom. The van der Waals surface area contributed by atoms with Crippen LogP contribution in [0, 0.1) is 11.3 Å². The lowest BCUT2D eigenvalue weighted by atomic mass is 9.69. The van der Waals surface area contributed by atoms with E-state index < -0.39 is 23.4 Å². The molecule has 1 aliphatic carbocycles. The second kappa shape index (κ2) is 11.7. The fraction of sp³-hybridized carbons (Fsp3) is 0.484. The molecule has 1 aliphatic heterocycles. The van der Waals surface area contributed by atoms with Crippen molar-refractivity contribution in [2.45, 2.75) is 77.7 Å². The van der Waals surface area contributed by atoms with E-state index in [1.807, 2.05) is 0 Å². The first-order chi connectivity index (χ1) is 19.2. The Hall–Kier alpha value is -3.69. The summed E-state index contributed by atoms with van der Waals surface area (Å²) in [6.45, 7) is 7.10. The van der Waals surface area contributed by atoms with Gasteiger partial charge in [-0.3, -0.25) is 19.4 Å². The highest BCUT2D eigenvalue weighted by atomic mass is 19.4. The minimum atomic E-state index is -4.47. The summed E-state index contributed by atoms with van der Waals surface area (Å²) in [5.41, 5.74) is 0.287. The number of rotatable bonds is 8. The molecular formula is C31H36F3N3O4. The van der Waals surface area contributed by atoms with Gasteiger partial charge in [0.2, 0.25) is 0 Å². The summed E-state index contributed by atoms with van der Waals surface area (Å²) in [4.78, 5) is 43.5. The maximum atomic E-state index is 13.8. The number of carbonyl (C=O) groups excluding carboxylic acids is 2. The van der Waals surface area contributed by atoms with Crippen LogP contribution in [0.2, 0.25) is 0 Å². The van der Waals surface area contributed by atoms with Crippen molar-refractivity contribution < 1.29 is 32.7 Å². The van der Waals surface area contributed by atoms with Crippen LogP contribution in [0.25, 0.3) is 0 Å². The van der Waals surface area contributed by atoms with Gasteiger partial charge < -0.3 is 15.3 Å². The van der Waals surface area contributed by atoms with E-state index in [1.54, 1.807) is 29.2 Å². The molecule has 10 heteroatoms. The molecule has 1 heterocycles. The number of benzene rings is 2. The number of aliphatic carboxylic acids is 1. The van der Waals surface area contributed by atoms with Crippen molar-refractivity contribution in [1.82, 2.24) is 10.2 Å². The molecule has 4 rings (SSSR count). The zero-order chi connectivity index (χ0) is 30.0. The van der Waals surface area contributed by atoms with Gasteiger partial charge in [0.1, 0.15) is 11.4 Å². The van der Waals surface area contributed by atoms with Gasteiger partial charge in [0.15, 0.2) is 0 Å². The van der Waals surface area contributed by atoms with E-state index in [-0.39, 0.29) is 42.5 Å². The van der Waals surface area contributed by atoms with E-state index in [2.05, 4.69) is 26.1 Å². The molecule has 1 spiro atoms. The lowest BCUT2D eigenvalue weighted by molar-refractivity contribution is -0.138. The number of alkyl halides is 3. The van der Waals surface area contributed by atoms with E-state index in [4.69, 9.17) is 10.1 Å². The van der Waals surface area contributed by atoms with Crippen molar-refractivity contribution in [2.24, 2.45) is 16.3 Å². The van der Waals surface area contributed by atoms with Gasteiger partial charge in [-0.1, -0.05) is 45.0 Å². The Morgan fingerprint density at radius 2 is 1.63 bits per heavy atom. The third-order valence-corrected chi connectivity index (χ3v) is 8.18. The summed E-state index contributed by atoms with van der Waals surface area (Å²) < 4.78 is 39.4. The number of halogens is 3. The molecule has 0 saturated heterocycles. The number of hydrogen-bond acceptors (Lipinski definition) is 4. The smallest absolute Gasteiger partial charge is 0.416 e. The van der Waals surface area contributed by atoms with Crippen molar-refractivity contribution in [3.8, 4) is 0 Å². The first-order valence-corrected chi connectivity index (χ1v) is 13.9. The number of nitrogens with one attached hydrogen (secondary N) is 1. The molecule has 0 aromatic heterocycles. The monoisotopic (exact) mass is 571 g/mol. The van der Waals surface area contributed by atoms with Gasteiger partial charge in [-0.15, -0.1) is 0 Å². The molecule has 41 heavy (non-hydrogen) atoms. The Labute approximate surface area is 237 Å². The number of hydrogen-bond donors (Lipinski definition) is 2. The average Bonchev–Trinajstić information content (AvgIpc) is 3.16. The first kappa shape index (κ1) is 30.3. The minimum absolute atomic E-state index is 0.0299. The molecule has 0 atom stereocenters. The fourth-order valence-corrected chi connectivity index (χ4v) is 5.67. The number of aliphatic imine (C=N–C) groups is 1. The normalized spacial score (nSPS) is 21.2.